The van der Waals surface area contributed by atoms with Crippen molar-refractivity contribution in [3.63, 3.8) is 0 Å². The second-order valence-electron chi connectivity index (χ2n) is 4.73. The largest absolute Gasteiger partial charge is 0.345 e. The molecule has 0 aliphatic carbocycles. The molecule has 0 rings (SSSR count). The number of hydrogen-bond donors (Lipinski definition) is 1. The molecule has 6 heteroatoms. The van der Waals surface area contributed by atoms with Gasteiger partial charge in [0.05, 0.1) is 5.75 Å². The lowest BCUT2D eigenvalue weighted by atomic mass is 10.2. The highest BCUT2D eigenvalue weighted by molar-refractivity contribution is 7.92. The summed E-state index contributed by atoms with van der Waals surface area (Å²) in [7, 11) is -1.66. The second-order valence-corrected chi connectivity index (χ2v) is 6.92. The van der Waals surface area contributed by atoms with Crippen LogP contribution in [-0.4, -0.2) is 50.9 Å². The van der Waals surface area contributed by atoms with Crippen LogP contribution in [0.3, 0.4) is 0 Å². The van der Waals surface area contributed by atoms with Gasteiger partial charge >= 0.3 is 0 Å². The van der Waals surface area contributed by atoms with Crippen molar-refractivity contribution in [2.24, 2.45) is 11.7 Å². The van der Waals surface area contributed by atoms with E-state index >= 15 is 0 Å². The summed E-state index contributed by atoms with van der Waals surface area (Å²) in [5.74, 6) is -0.320. The molecule has 0 unspecified atom stereocenters. The molecule has 0 heterocycles. The van der Waals surface area contributed by atoms with Crippen LogP contribution in [0, 0.1) is 5.92 Å². The van der Waals surface area contributed by atoms with Gasteiger partial charge in [-0.2, -0.15) is 0 Å². The maximum absolute atomic E-state index is 11.7. The number of rotatable bonds is 8. The van der Waals surface area contributed by atoms with Gasteiger partial charge in [0.2, 0.25) is 5.91 Å². The number of carbonyl (C=O) groups excluding carboxylic acids is 1. The highest BCUT2D eigenvalue weighted by Gasteiger charge is 2.19. The highest BCUT2D eigenvalue weighted by Crippen LogP contribution is 2.04. The monoisotopic (exact) mass is 264 g/mol. The summed E-state index contributed by atoms with van der Waals surface area (Å²) in [6, 6.07) is 0. The van der Waals surface area contributed by atoms with Crippen LogP contribution in [0.1, 0.15) is 26.7 Å². The Kier molecular flexibility index (Phi) is 7.38. The summed E-state index contributed by atoms with van der Waals surface area (Å²) in [5, 5.41) is 0. The van der Waals surface area contributed by atoms with Gasteiger partial charge in [0, 0.05) is 13.6 Å². The van der Waals surface area contributed by atoms with E-state index in [4.69, 9.17) is 5.73 Å². The molecule has 0 bridgehead atoms. The van der Waals surface area contributed by atoms with Crippen LogP contribution in [0.4, 0.5) is 0 Å². The number of hydrogen-bond acceptors (Lipinski definition) is 4. The van der Waals surface area contributed by atoms with E-state index in [0.29, 0.717) is 31.8 Å². The standard InChI is InChI=1S/C11H24N2O3S/c1-10(2)5-8-17(15,16)9-11(14)13(3)7-4-6-12/h10H,4-9,12H2,1-3H3. The predicted molar refractivity (Wildman–Crippen MR) is 69.4 cm³/mol. The Morgan fingerprint density at radius 1 is 1.35 bits per heavy atom. The van der Waals surface area contributed by atoms with Crippen LogP contribution >= 0.6 is 0 Å². The minimum atomic E-state index is -3.27. The third-order valence-electron chi connectivity index (χ3n) is 2.47. The van der Waals surface area contributed by atoms with E-state index in [9.17, 15) is 13.2 Å². The first-order valence-electron chi connectivity index (χ1n) is 5.93. The van der Waals surface area contributed by atoms with E-state index in [1.807, 2.05) is 13.8 Å². The Labute approximate surface area is 104 Å². The van der Waals surface area contributed by atoms with Gasteiger partial charge < -0.3 is 10.6 Å². The van der Waals surface area contributed by atoms with E-state index in [1.54, 1.807) is 7.05 Å². The molecular weight excluding hydrogens is 240 g/mol. The van der Waals surface area contributed by atoms with Crippen molar-refractivity contribution in [3.05, 3.63) is 0 Å². The van der Waals surface area contributed by atoms with Crippen molar-refractivity contribution < 1.29 is 13.2 Å². The number of carbonyl (C=O) groups is 1. The van der Waals surface area contributed by atoms with Crippen molar-refractivity contribution in [1.82, 2.24) is 4.90 Å². The molecule has 0 aliphatic rings. The van der Waals surface area contributed by atoms with Crippen LogP contribution in [-0.2, 0) is 14.6 Å². The Bertz CT molecular complexity index is 326. The van der Waals surface area contributed by atoms with Gasteiger partial charge in [-0.25, -0.2) is 8.42 Å². The lowest BCUT2D eigenvalue weighted by molar-refractivity contribution is -0.127. The van der Waals surface area contributed by atoms with Gasteiger partial charge in [-0.15, -0.1) is 0 Å². The molecule has 0 fully saturated rings. The van der Waals surface area contributed by atoms with Gasteiger partial charge in [-0.1, -0.05) is 13.8 Å². The first-order chi connectivity index (χ1) is 7.78. The minimum Gasteiger partial charge on any atom is -0.345 e. The van der Waals surface area contributed by atoms with Crippen LogP contribution in [0.25, 0.3) is 0 Å². The Morgan fingerprint density at radius 2 is 1.94 bits per heavy atom. The fourth-order valence-corrected chi connectivity index (χ4v) is 2.81. The minimum absolute atomic E-state index is 0.0845. The van der Waals surface area contributed by atoms with E-state index in [0.717, 1.165) is 0 Å². The van der Waals surface area contributed by atoms with Gasteiger partial charge in [0.15, 0.2) is 9.84 Å². The maximum Gasteiger partial charge on any atom is 0.237 e. The molecule has 0 aliphatic heterocycles. The lowest BCUT2D eigenvalue weighted by Crippen LogP contribution is -2.34. The van der Waals surface area contributed by atoms with E-state index in [-0.39, 0.29) is 17.4 Å². The molecule has 0 aromatic rings. The molecular formula is C11H24N2O3S. The van der Waals surface area contributed by atoms with Crippen LogP contribution < -0.4 is 5.73 Å². The zero-order valence-electron chi connectivity index (χ0n) is 11.0. The van der Waals surface area contributed by atoms with Crippen LogP contribution in [0.15, 0.2) is 0 Å². The van der Waals surface area contributed by atoms with Gasteiger partial charge in [-0.05, 0) is 25.3 Å². The number of sulfone groups is 1. The number of nitrogens with two attached hydrogens (primary N) is 1. The third kappa shape index (κ3) is 8.15. The number of nitrogens with zero attached hydrogens (tertiary/aromatic N) is 1. The fourth-order valence-electron chi connectivity index (χ4n) is 1.24. The predicted octanol–water partition coefficient (Wildman–Crippen LogP) is 0.255. The molecule has 0 atom stereocenters. The third-order valence-corrected chi connectivity index (χ3v) is 4.02. The Morgan fingerprint density at radius 3 is 2.41 bits per heavy atom. The molecule has 0 aromatic carbocycles. The Hall–Kier alpha value is -0.620. The molecule has 0 aromatic heterocycles. The van der Waals surface area contributed by atoms with Crippen molar-refractivity contribution in [3.8, 4) is 0 Å². The summed E-state index contributed by atoms with van der Waals surface area (Å²) in [4.78, 5) is 13.0. The van der Waals surface area contributed by atoms with Crippen LogP contribution in [0.5, 0.6) is 0 Å². The molecule has 17 heavy (non-hydrogen) atoms. The number of amides is 1. The lowest BCUT2D eigenvalue weighted by Gasteiger charge is -2.16. The quantitative estimate of drug-likeness (QED) is 0.681. The molecule has 1 amide bonds. The van der Waals surface area contributed by atoms with Crippen molar-refractivity contribution in [2.45, 2.75) is 26.7 Å². The average Bonchev–Trinajstić information content (AvgIpc) is 2.22. The summed E-state index contributed by atoms with van der Waals surface area (Å²) in [6.07, 6.45) is 1.29. The zero-order chi connectivity index (χ0) is 13.5. The van der Waals surface area contributed by atoms with Gasteiger partial charge in [-0.3, -0.25) is 4.79 Å². The molecule has 0 radical (unpaired) electrons. The SMILES string of the molecule is CC(C)CCS(=O)(=O)CC(=O)N(C)CCCN. The smallest absolute Gasteiger partial charge is 0.237 e. The summed E-state index contributed by atoms with van der Waals surface area (Å²) >= 11 is 0. The van der Waals surface area contributed by atoms with Crippen LogP contribution in [0.2, 0.25) is 0 Å². The zero-order valence-corrected chi connectivity index (χ0v) is 11.8. The highest BCUT2D eigenvalue weighted by atomic mass is 32.2. The summed E-state index contributed by atoms with van der Waals surface area (Å²) < 4.78 is 23.3. The van der Waals surface area contributed by atoms with Crippen molar-refractivity contribution >= 4 is 15.7 Å². The topological polar surface area (TPSA) is 80.5 Å². The molecule has 0 spiro atoms. The normalized spacial score (nSPS) is 11.8. The molecule has 2 N–H and O–H groups in total. The van der Waals surface area contributed by atoms with E-state index in [1.165, 1.54) is 4.90 Å². The van der Waals surface area contributed by atoms with Gasteiger partial charge in [0.1, 0.15) is 5.75 Å². The molecule has 0 saturated heterocycles. The average molecular weight is 264 g/mol. The molecule has 0 saturated carbocycles. The molecule has 102 valence electrons. The second kappa shape index (κ2) is 7.66. The van der Waals surface area contributed by atoms with E-state index in [2.05, 4.69) is 0 Å². The van der Waals surface area contributed by atoms with Crippen molar-refractivity contribution in [2.75, 3.05) is 31.6 Å². The first-order valence-corrected chi connectivity index (χ1v) is 7.75. The molecule has 5 nitrogen and oxygen atoms in total. The van der Waals surface area contributed by atoms with Crippen molar-refractivity contribution in [1.29, 1.82) is 0 Å². The first kappa shape index (κ1) is 16.4. The van der Waals surface area contributed by atoms with Gasteiger partial charge in [0.25, 0.3) is 0 Å². The fraction of sp³-hybridized carbons (Fsp3) is 0.909. The Balaban J connectivity index is 4.17. The summed E-state index contributed by atoms with van der Waals surface area (Å²) in [5.41, 5.74) is 5.33. The van der Waals surface area contributed by atoms with E-state index < -0.39 is 9.84 Å². The maximum atomic E-state index is 11.7. The summed E-state index contributed by atoms with van der Waals surface area (Å²) in [6.45, 7) is 4.93.